The van der Waals surface area contributed by atoms with Crippen LogP contribution in [0.4, 0.5) is 10.2 Å². The second kappa shape index (κ2) is 6.22. The quantitative estimate of drug-likeness (QED) is 0.867. The van der Waals surface area contributed by atoms with Crippen LogP contribution in [-0.4, -0.2) is 52.0 Å². The second-order valence-corrected chi connectivity index (χ2v) is 6.33. The summed E-state index contributed by atoms with van der Waals surface area (Å²) in [5, 5.41) is 9.00. The highest BCUT2D eigenvalue weighted by atomic mass is 19.1. The van der Waals surface area contributed by atoms with Crippen molar-refractivity contribution in [3.05, 3.63) is 35.8 Å². The molecule has 0 radical (unpaired) electrons. The summed E-state index contributed by atoms with van der Waals surface area (Å²) in [6.07, 6.45) is 4.27. The van der Waals surface area contributed by atoms with E-state index in [1.54, 1.807) is 12.1 Å². The molecule has 0 spiro atoms. The Balaban J connectivity index is 1.72. The maximum atomic E-state index is 13.1. The second-order valence-electron chi connectivity index (χ2n) is 6.33. The molecule has 0 saturated carbocycles. The summed E-state index contributed by atoms with van der Waals surface area (Å²) in [5.41, 5.74) is 1.06. The first-order valence-electron chi connectivity index (χ1n) is 8.50. The summed E-state index contributed by atoms with van der Waals surface area (Å²) >= 11 is 0. The van der Waals surface area contributed by atoms with Crippen molar-refractivity contribution in [3.63, 3.8) is 0 Å². The number of aromatic nitrogens is 3. The van der Waals surface area contributed by atoms with Crippen molar-refractivity contribution in [2.75, 3.05) is 31.1 Å². The normalized spacial score (nSPS) is 17.7. The van der Waals surface area contributed by atoms with Crippen molar-refractivity contribution in [2.24, 2.45) is 0 Å². The van der Waals surface area contributed by atoms with E-state index in [0.29, 0.717) is 17.2 Å². The van der Waals surface area contributed by atoms with Gasteiger partial charge >= 0.3 is 0 Å². The van der Waals surface area contributed by atoms with Crippen molar-refractivity contribution < 1.29 is 9.18 Å². The Morgan fingerprint density at radius 1 is 0.917 bits per heavy atom. The lowest BCUT2D eigenvalue weighted by molar-refractivity contribution is 0.0787. The number of hydrogen-bond donors (Lipinski definition) is 0. The topological polar surface area (TPSA) is 54.3 Å². The molecule has 1 aromatic carbocycles. The maximum absolute atomic E-state index is 13.1. The zero-order valence-corrected chi connectivity index (χ0v) is 13.5. The van der Waals surface area contributed by atoms with E-state index >= 15 is 0 Å². The fourth-order valence-corrected chi connectivity index (χ4v) is 3.34. The Morgan fingerprint density at radius 2 is 1.54 bits per heavy atom. The molecule has 2 aromatic rings. The predicted octanol–water partition coefficient (Wildman–Crippen LogP) is 2.24. The highest BCUT2D eigenvalue weighted by Crippen LogP contribution is 2.25. The number of amides is 1. The van der Waals surface area contributed by atoms with Crippen LogP contribution >= 0.6 is 0 Å². The molecule has 0 unspecified atom stereocenters. The van der Waals surface area contributed by atoms with Gasteiger partial charge in [0.25, 0.3) is 5.91 Å². The fraction of sp³-hybridized carbons (Fsp3) is 0.471. The van der Waals surface area contributed by atoms with Gasteiger partial charge in [-0.15, -0.1) is 15.0 Å². The lowest BCUT2D eigenvalue weighted by atomic mass is 10.3. The van der Waals surface area contributed by atoms with Crippen molar-refractivity contribution in [3.8, 4) is 5.69 Å². The van der Waals surface area contributed by atoms with Gasteiger partial charge in [-0.05, 0) is 49.9 Å². The molecule has 4 rings (SSSR count). The number of anilines is 1. The van der Waals surface area contributed by atoms with E-state index in [-0.39, 0.29) is 11.7 Å². The molecule has 1 amide bonds. The van der Waals surface area contributed by atoms with Crippen LogP contribution in [0, 0.1) is 5.82 Å². The average molecular weight is 329 g/mol. The average Bonchev–Trinajstić information content (AvgIpc) is 3.34. The molecule has 0 atom stereocenters. The molecule has 0 N–H and O–H groups in total. The van der Waals surface area contributed by atoms with Gasteiger partial charge in [0.1, 0.15) is 5.82 Å². The Labute approximate surface area is 139 Å². The van der Waals surface area contributed by atoms with Crippen LogP contribution in [-0.2, 0) is 0 Å². The maximum Gasteiger partial charge on any atom is 0.278 e. The van der Waals surface area contributed by atoms with Crippen LogP contribution in [0.1, 0.15) is 36.2 Å². The number of hydrogen-bond acceptors (Lipinski definition) is 4. The predicted molar refractivity (Wildman–Crippen MR) is 87.9 cm³/mol. The molecule has 3 heterocycles. The Kier molecular flexibility index (Phi) is 3.92. The van der Waals surface area contributed by atoms with Crippen LogP contribution in [0.5, 0.6) is 0 Å². The summed E-state index contributed by atoms with van der Waals surface area (Å²) in [6, 6.07) is 5.98. The molecule has 2 saturated heterocycles. The largest absolute Gasteiger partial charge is 0.353 e. The van der Waals surface area contributed by atoms with Crippen molar-refractivity contribution in [2.45, 2.75) is 25.7 Å². The SMILES string of the molecule is O=C(c1nn(-c2ccc(F)cc2)nc1N1CCCC1)N1CCCC1. The highest BCUT2D eigenvalue weighted by Gasteiger charge is 2.30. The zero-order valence-electron chi connectivity index (χ0n) is 13.5. The molecular formula is C17H20FN5O. The summed E-state index contributed by atoms with van der Waals surface area (Å²) < 4.78 is 13.1. The van der Waals surface area contributed by atoms with E-state index in [0.717, 1.165) is 51.9 Å². The summed E-state index contributed by atoms with van der Waals surface area (Å²) in [6.45, 7) is 3.34. The fourth-order valence-electron chi connectivity index (χ4n) is 3.34. The summed E-state index contributed by atoms with van der Waals surface area (Å²) in [5.74, 6) is 0.288. The van der Waals surface area contributed by atoms with E-state index in [9.17, 15) is 9.18 Å². The minimum Gasteiger partial charge on any atom is -0.353 e. The smallest absolute Gasteiger partial charge is 0.278 e. The number of halogens is 1. The highest BCUT2D eigenvalue weighted by molar-refractivity contribution is 5.97. The van der Waals surface area contributed by atoms with E-state index in [1.807, 2.05) is 4.90 Å². The van der Waals surface area contributed by atoms with Gasteiger partial charge in [0.2, 0.25) is 0 Å². The molecule has 0 aliphatic carbocycles. The van der Waals surface area contributed by atoms with E-state index in [1.165, 1.54) is 16.9 Å². The lowest BCUT2D eigenvalue weighted by Crippen LogP contribution is -2.30. The van der Waals surface area contributed by atoms with Crippen molar-refractivity contribution in [1.82, 2.24) is 19.9 Å². The third-order valence-corrected chi connectivity index (χ3v) is 4.65. The standard InChI is InChI=1S/C17H20FN5O/c18-13-5-7-14(8-6-13)23-19-15(17(24)22-11-3-4-12-22)16(20-23)21-9-1-2-10-21/h5-8H,1-4,9-12H2. The molecular weight excluding hydrogens is 309 g/mol. The van der Waals surface area contributed by atoms with Crippen LogP contribution in [0.3, 0.4) is 0 Å². The summed E-state index contributed by atoms with van der Waals surface area (Å²) in [4.78, 5) is 18.3. The van der Waals surface area contributed by atoms with E-state index in [4.69, 9.17) is 0 Å². The Hall–Kier alpha value is -2.44. The van der Waals surface area contributed by atoms with Crippen LogP contribution in [0.15, 0.2) is 24.3 Å². The minimum atomic E-state index is -0.306. The lowest BCUT2D eigenvalue weighted by Gasteiger charge is -2.18. The molecule has 1 aromatic heterocycles. The van der Waals surface area contributed by atoms with Gasteiger partial charge in [0.05, 0.1) is 5.69 Å². The van der Waals surface area contributed by atoms with Gasteiger partial charge in [0, 0.05) is 26.2 Å². The van der Waals surface area contributed by atoms with Crippen molar-refractivity contribution in [1.29, 1.82) is 0 Å². The van der Waals surface area contributed by atoms with Gasteiger partial charge in [-0.25, -0.2) is 4.39 Å². The van der Waals surface area contributed by atoms with Gasteiger partial charge < -0.3 is 9.80 Å². The number of nitrogens with zero attached hydrogens (tertiary/aromatic N) is 5. The van der Waals surface area contributed by atoms with Gasteiger partial charge in [0.15, 0.2) is 11.5 Å². The number of benzene rings is 1. The van der Waals surface area contributed by atoms with Gasteiger partial charge in [-0.3, -0.25) is 4.79 Å². The number of likely N-dealkylation sites (tertiary alicyclic amines) is 1. The first-order valence-corrected chi connectivity index (χ1v) is 8.50. The third kappa shape index (κ3) is 2.74. The van der Waals surface area contributed by atoms with E-state index < -0.39 is 0 Å². The molecule has 2 fully saturated rings. The molecule has 126 valence electrons. The molecule has 6 nitrogen and oxygen atoms in total. The molecule has 7 heteroatoms. The van der Waals surface area contributed by atoms with Crippen LogP contribution in [0.25, 0.3) is 5.69 Å². The molecule has 2 aliphatic heterocycles. The summed E-state index contributed by atoms with van der Waals surface area (Å²) in [7, 11) is 0. The first-order chi connectivity index (χ1) is 11.7. The van der Waals surface area contributed by atoms with Gasteiger partial charge in [-0.2, -0.15) is 0 Å². The van der Waals surface area contributed by atoms with E-state index in [2.05, 4.69) is 15.1 Å². The number of carbonyl (C=O) groups is 1. The molecule has 2 aliphatic rings. The minimum absolute atomic E-state index is 0.0530. The monoisotopic (exact) mass is 329 g/mol. The van der Waals surface area contributed by atoms with Crippen LogP contribution < -0.4 is 4.90 Å². The Morgan fingerprint density at radius 3 is 2.21 bits per heavy atom. The number of carbonyl (C=O) groups excluding carboxylic acids is 1. The number of rotatable bonds is 3. The Bertz CT molecular complexity index is 730. The first kappa shape index (κ1) is 15.1. The molecule has 0 bridgehead atoms. The van der Waals surface area contributed by atoms with Crippen molar-refractivity contribution >= 4 is 11.7 Å². The van der Waals surface area contributed by atoms with Crippen LogP contribution in [0.2, 0.25) is 0 Å². The molecule has 24 heavy (non-hydrogen) atoms. The zero-order chi connectivity index (χ0) is 16.5. The van der Waals surface area contributed by atoms with Gasteiger partial charge in [-0.1, -0.05) is 0 Å². The third-order valence-electron chi connectivity index (χ3n) is 4.65.